The Kier molecular flexibility index (Phi) is 3.25. The van der Waals surface area contributed by atoms with Crippen molar-refractivity contribution in [3.63, 3.8) is 0 Å². The van der Waals surface area contributed by atoms with E-state index in [9.17, 15) is 0 Å². The highest BCUT2D eigenvalue weighted by Gasteiger charge is 2.07. The van der Waals surface area contributed by atoms with E-state index in [1.165, 1.54) is 0 Å². The van der Waals surface area contributed by atoms with Crippen molar-refractivity contribution in [3.05, 3.63) is 29.8 Å². The Hall–Kier alpha value is -1.09. The van der Waals surface area contributed by atoms with Gasteiger partial charge in [0.1, 0.15) is 4.99 Å². The van der Waals surface area contributed by atoms with Gasteiger partial charge < -0.3 is 10.6 Å². The topological polar surface area (TPSA) is 29.3 Å². The van der Waals surface area contributed by atoms with E-state index in [0.717, 1.165) is 22.8 Å². The second-order valence-electron chi connectivity index (χ2n) is 2.91. The lowest BCUT2D eigenvalue weighted by atomic mass is 10.2. The summed E-state index contributed by atoms with van der Waals surface area (Å²) in [7, 11) is 1.97. The molecule has 1 aromatic carbocycles. The van der Waals surface area contributed by atoms with Gasteiger partial charge in [0.15, 0.2) is 0 Å². The number of nitrogens with zero attached hydrogens (tertiary/aromatic N) is 1. The summed E-state index contributed by atoms with van der Waals surface area (Å²) in [5, 5.41) is 0. The Labute approximate surface area is 84.3 Å². The highest BCUT2D eigenvalue weighted by atomic mass is 32.1. The number of hydrogen-bond acceptors (Lipinski definition) is 2. The van der Waals surface area contributed by atoms with Gasteiger partial charge >= 0.3 is 0 Å². The molecular weight excluding hydrogens is 180 g/mol. The molecule has 3 heteroatoms. The lowest BCUT2D eigenvalue weighted by Crippen LogP contribution is -2.25. The number of hydrogen-bond donors (Lipinski definition) is 1. The molecule has 0 amide bonds. The maximum absolute atomic E-state index is 5.80. The SMILES string of the molecule is CCN(C)C(=S)c1ccccc1N. The molecule has 2 N–H and O–H groups in total. The lowest BCUT2D eigenvalue weighted by Gasteiger charge is -2.18. The first-order chi connectivity index (χ1) is 6.16. The van der Waals surface area contributed by atoms with Gasteiger partial charge in [-0.3, -0.25) is 0 Å². The molecule has 0 bridgehead atoms. The van der Waals surface area contributed by atoms with Gasteiger partial charge in [-0.05, 0) is 19.1 Å². The number of nitrogen functional groups attached to an aromatic ring is 1. The molecule has 0 unspecified atom stereocenters. The third-order valence-corrected chi connectivity index (χ3v) is 2.54. The van der Waals surface area contributed by atoms with Crippen LogP contribution in [0.4, 0.5) is 5.69 Å². The van der Waals surface area contributed by atoms with Crippen LogP contribution in [0.5, 0.6) is 0 Å². The zero-order valence-electron chi connectivity index (χ0n) is 7.95. The number of nitrogens with two attached hydrogens (primary N) is 1. The van der Waals surface area contributed by atoms with Crippen LogP contribution in [0.1, 0.15) is 12.5 Å². The van der Waals surface area contributed by atoms with E-state index in [-0.39, 0.29) is 0 Å². The first-order valence-electron chi connectivity index (χ1n) is 4.26. The van der Waals surface area contributed by atoms with Gasteiger partial charge in [-0.1, -0.05) is 24.4 Å². The largest absolute Gasteiger partial charge is 0.398 e. The molecular formula is C10H14N2S. The first-order valence-corrected chi connectivity index (χ1v) is 4.67. The van der Waals surface area contributed by atoms with Crippen LogP contribution in [0.3, 0.4) is 0 Å². The molecule has 0 saturated heterocycles. The Morgan fingerprint density at radius 1 is 1.46 bits per heavy atom. The monoisotopic (exact) mass is 194 g/mol. The van der Waals surface area contributed by atoms with Crippen LogP contribution in [0.15, 0.2) is 24.3 Å². The zero-order valence-corrected chi connectivity index (χ0v) is 8.77. The molecule has 0 aliphatic carbocycles. The van der Waals surface area contributed by atoms with Crippen LogP contribution >= 0.6 is 12.2 Å². The molecule has 0 aromatic heterocycles. The first kappa shape index (κ1) is 9.99. The Morgan fingerprint density at radius 2 is 2.08 bits per heavy atom. The van der Waals surface area contributed by atoms with Crippen LogP contribution in [0.2, 0.25) is 0 Å². The van der Waals surface area contributed by atoms with Gasteiger partial charge in [-0.25, -0.2) is 0 Å². The summed E-state index contributed by atoms with van der Waals surface area (Å²) in [5.74, 6) is 0. The summed E-state index contributed by atoms with van der Waals surface area (Å²) in [5.41, 5.74) is 7.49. The molecule has 0 aliphatic heterocycles. The number of anilines is 1. The van der Waals surface area contributed by atoms with Crippen molar-refractivity contribution in [1.82, 2.24) is 4.90 Å². The minimum absolute atomic E-state index is 0.743. The molecule has 0 aliphatic rings. The van der Waals surface area contributed by atoms with E-state index in [1.54, 1.807) is 0 Å². The number of benzene rings is 1. The molecule has 1 rings (SSSR count). The van der Waals surface area contributed by atoms with Crippen molar-refractivity contribution >= 4 is 22.9 Å². The maximum Gasteiger partial charge on any atom is 0.111 e. The molecule has 0 spiro atoms. The summed E-state index contributed by atoms with van der Waals surface area (Å²) in [6, 6.07) is 7.67. The summed E-state index contributed by atoms with van der Waals surface area (Å²) in [6.45, 7) is 2.96. The average molecular weight is 194 g/mol. The predicted molar refractivity (Wildman–Crippen MR) is 60.9 cm³/mol. The van der Waals surface area contributed by atoms with Gasteiger partial charge in [-0.2, -0.15) is 0 Å². The van der Waals surface area contributed by atoms with Gasteiger partial charge in [0, 0.05) is 24.8 Å². The van der Waals surface area contributed by atoms with Crippen molar-refractivity contribution in [2.75, 3.05) is 19.3 Å². The predicted octanol–water partition coefficient (Wildman–Crippen LogP) is 1.90. The number of rotatable bonds is 2. The van der Waals surface area contributed by atoms with E-state index in [0.29, 0.717) is 0 Å². The minimum atomic E-state index is 0.743. The molecule has 0 atom stereocenters. The Morgan fingerprint density at radius 3 is 2.62 bits per heavy atom. The summed E-state index contributed by atoms with van der Waals surface area (Å²) < 4.78 is 0. The van der Waals surface area contributed by atoms with E-state index in [1.807, 2.05) is 36.2 Å². The summed E-state index contributed by atoms with van der Waals surface area (Å²) >= 11 is 5.28. The van der Waals surface area contributed by atoms with Crippen LogP contribution in [0.25, 0.3) is 0 Å². The van der Waals surface area contributed by atoms with Crippen LogP contribution in [-0.4, -0.2) is 23.5 Å². The molecule has 1 aromatic rings. The van der Waals surface area contributed by atoms with Gasteiger partial charge in [-0.15, -0.1) is 0 Å². The van der Waals surface area contributed by atoms with Crippen LogP contribution in [-0.2, 0) is 0 Å². The fourth-order valence-electron chi connectivity index (χ4n) is 1.04. The highest BCUT2D eigenvalue weighted by molar-refractivity contribution is 7.80. The van der Waals surface area contributed by atoms with E-state index >= 15 is 0 Å². The molecule has 13 heavy (non-hydrogen) atoms. The molecule has 70 valence electrons. The second-order valence-corrected chi connectivity index (χ2v) is 3.29. The summed E-state index contributed by atoms with van der Waals surface area (Å²) in [6.07, 6.45) is 0. The van der Waals surface area contributed by atoms with Gasteiger partial charge in [0.25, 0.3) is 0 Å². The molecule has 0 heterocycles. The fraction of sp³-hybridized carbons (Fsp3) is 0.300. The standard InChI is InChI=1S/C10H14N2S/c1-3-12(2)10(13)8-6-4-5-7-9(8)11/h4-7H,3,11H2,1-2H3. The minimum Gasteiger partial charge on any atom is -0.398 e. The average Bonchev–Trinajstić information content (AvgIpc) is 2.16. The van der Waals surface area contributed by atoms with E-state index < -0.39 is 0 Å². The number of para-hydroxylation sites is 1. The fourth-order valence-corrected chi connectivity index (χ4v) is 1.36. The Bertz CT molecular complexity index is 310. The number of thiocarbonyl (C=S) groups is 1. The third kappa shape index (κ3) is 2.18. The van der Waals surface area contributed by atoms with Crippen molar-refractivity contribution in [2.24, 2.45) is 0 Å². The second kappa shape index (κ2) is 4.23. The van der Waals surface area contributed by atoms with Gasteiger partial charge in [0.05, 0.1) is 0 Å². The molecule has 0 fully saturated rings. The quantitative estimate of drug-likeness (QED) is 0.576. The normalized spacial score (nSPS) is 9.69. The van der Waals surface area contributed by atoms with Crippen LogP contribution < -0.4 is 5.73 Å². The van der Waals surface area contributed by atoms with Crippen molar-refractivity contribution in [1.29, 1.82) is 0 Å². The van der Waals surface area contributed by atoms with Gasteiger partial charge in [0.2, 0.25) is 0 Å². The molecule has 0 radical (unpaired) electrons. The third-order valence-electron chi connectivity index (χ3n) is 2.01. The maximum atomic E-state index is 5.80. The zero-order chi connectivity index (χ0) is 9.84. The summed E-state index contributed by atoms with van der Waals surface area (Å²) in [4.78, 5) is 2.81. The van der Waals surface area contributed by atoms with E-state index in [4.69, 9.17) is 18.0 Å². The van der Waals surface area contributed by atoms with Crippen molar-refractivity contribution in [3.8, 4) is 0 Å². The molecule has 0 saturated carbocycles. The highest BCUT2D eigenvalue weighted by Crippen LogP contribution is 2.13. The smallest absolute Gasteiger partial charge is 0.111 e. The van der Waals surface area contributed by atoms with Crippen LogP contribution in [0, 0.1) is 0 Å². The van der Waals surface area contributed by atoms with Crippen molar-refractivity contribution in [2.45, 2.75) is 6.92 Å². The van der Waals surface area contributed by atoms with E-state index in [2.05, 4.69) is 6.92 Å². The Balaban J connectivity index is 2.95. The van der Waals surface area contributed by atoms with Crippen molar-refractivity contribution < 1.29 is 0 Å². The lowest BCUT2D eigenvalue weighted by molar-refractivity contribution is 0.546. The molecule has 2 nitrogen and oxygen atoms in total.